The minimum Gasteiger partial charge on any atom is -0.439 e. The Kier molecular flexibility index (Phi) is 4.92. The lowest BCUT2D eigenvalue weighted by Crippen LogP contribution is -2.13. The monoisotopic (exact) mass is 336 g/mol. The molecule has 0 aliphatic carbocycles. The van der Waals surface area contributed by atoms with Crippen LogP contribution in [0.4, 0.5) is 5.82 Å². The lowest BCUT2D eigenvalue weighted by Gasteiger charge is -2.12. The summed E-state index contributed by atoms with van der Waals surface area (Å²) in [5.41, 5.74) is 3.38. The van der Waals surface area contributed by atoms with Crippen LogP contribution in [0.15, 0.2) is 28.7 Å². The number of anilines is 1. The molecule has 0 fully saturated rings. The maximum atomic E-state index is 5.84. The van der Waals surface area contributed by atoms with E-state index in [2.05, 4.69) is 38.2 Å². The van der Waals surface area contributed by atoms with E-state index in [9.17, 15) is 0 Å². The molecule has 0 unspecified atom stereocenters. The Hall–Kier alpha value is -1.66. The van der Waals surface area contributed by atoms with Crippen LogP contribution in [0.1, 0.15) is 24.7 Å². The minimum absolute atomic E-state index is 0.523. The van der Waals surface area contributed by atoms with Crippen molar-refractivity contribution in [2.24, 2.45) is 5.84 Å². The number of aromatic nitrogens is 2. The molecule has 0 bridgehead atoms. The van der Waals surface area contributed by atoms with Crippen LogP contribution < -0.4 is 16.0 Å². The number of nitrogens with zero attached hydrogens (tertiary/aromatic N) is 2. The Balaban J connectivity index is 2.36. The third-order valence-corrected chi connectivity index (χ3v) is 3.26. The average Bonchev–Trinajstić information content (AvgIpc) is 2.42. The van der Waals surface area contributed by atoms with Crippen LogP contribution >= 0.6 is 15.9 Å². The highest BCUT2D eigenvalue weighted by molar-refractivity contribution is 9.10. The highest BCUT2D eigenvalue weighted by Crippen LogP contribution is 2.28. The predicted molar refractivity (Wildman–Crippen MR) is 82.8 cm³/mol. The molecule has 2 aromatic rings. The van der Waals surface area contributed by atoms with Crippen LogP contribution in [0.3, 0.4) is 0 Å². The summed E-state index contributed by atoms with van der Waals surface area (Å²) in [6.07, 6.45) is 1.74. The number of nitrogen functional groups attached to an aromatic ring is 1. The number of rotatable bonds is 5. The first-order valence-corrected chi connectivity index (χ1v) is 7.21. The van der Waals surface area contributed by atoms with Crippen molar-refractivity contribution >= 4 is 21.7 Å². The van der Waals surface area contributed by atoms with Gasteiger partial charge < -0.3 is 10.2 Å². The van der Waals surface area contributed by atoms with Gasteiger partial charge in [0.2, 0.25) is 5.88 Å². The molecule has 1 aromatic carbocycles. The number of ether oxygens (including phenoxy) is 1. The molecule has 3 N–H and O–H groups in total. The fraction of sp³-hybridized carbons (Fsp3) is 0.286. The molecule has 0 radical (unpaired) electrons. The van der Waals surface area contributed by atoms with Gasteiger partial charge in [-0.1, -0.05) is 28.9 Å². The summed E-state index contributed by atoms with van der Waals surface area (Å²) < 4.78 is 6.79. The molecule has 0 spiro atoms. The van der Waals surface area contributed by atoms with Crippen molar-refractivity contribution in [1.82, 2.24) is 9.97 Å². The first kappa shape index (κ1) is 14.7. The van der Waals surface area contributed by atoms with E-state index >= 15 is 0 Å². The molecule has 0 amide bonds. The molecule has 0 saturated carbocycles. The van der Waals surface area contributed by atoms with Gasteiger partial charge in [-0.05, 0) is 31.5 Å². The fourth-order valence-corrected chi connectivity index (χ4v) is 2.14. The summed E-state index contributed by atoms with van der Waals surface area (Å²) in [6, 6.07) is 7.61. The lowest BCUT2D eigenvalue weighted by molar-refractivity contribution is 0.454. The van der Waals surface area contributed by atoms with Gasteiger partial charge >= 0.3 is 0 Å². The number of aryl methyl sites for hydroxylation is 1. The smallest absolute Gasteiger partial charge is 0.227 e. The quantitative estimate of drug-likeness (QED) is 0.644. The molecule has 5 nitrogen and oxygen atoms in total. The van der Waals surface area contributed by atoms with Crippen molar-refractivity contribution in [2.45, 2.75) is 26.7 Å². The first-order valence-electron chi connectivity index (χ1n) is 6.41. The highest BCUT2D eigenvalue weighted by atomic mass is 79.9. The van der Waals surface area contributed by atoms with Crippen LogP contribution in [0.25, 0.3) is 0 Å². The number of benzene rings is 1. The molecule has 0 aliphatic rings. The van der Waals surface area contributed by atoms with Gasteiger partial charge in [0, 0.05) is 10.9 Å². The molecule has 1 heterocycles. The van der Waals surface area contributed by atoms with Crippen LogP contribution in [0, 0.1) is 6.92 Å². The van der Waals surface area contributed by atoms with Gasteiger partial charge in [0.1, 0.15) is 17.4 Å². The van der Waals surface area contributed by atoms with E-state index in [4.69, 9.17) is 10.6 Å². The Morgan fingerprint density at radius 2 is 2.15 bits per heavy atom. The molecular formula is C14H17BrN4O. The van der Waals surface area contributed by atoms with Crippen molar-refractivity contribution in [2.75, 3.05) is 5.43 Å². The zero-order valence-electron chi connectivity index (χ0n) is 11.5. The normalized spacial score (nSPS) is 10.4. The highest BCUT2D eigenvalue weighted by Gasteiger charge is 2.12. The Bertz CT molecular complexity index is 604. The summed E-state index contributed by atoms with van der Waals surface area (Å²) in [5, 5.41) is 0. The standard InChI is InChI=1S/C14H17BrN4O/c1-3-5-12-17-13(19-16)9(2)14(18-12)20-11-7-4-6-10(15)8-11/h4,6-8H,3,5,16H2,1-2H3,(H,17,18,19). The second-order valence-electron chi connectivity index (χ2n) is 4.37. The number of nitrogens with two attached hydrogens (primary N) is 1. The van der Waals surface area contributed by atoms with Gasteiger partial charge in [0.15, 0.2) is 0 Å². The van der Waals surface area contributed by atoms with E-state index in [0.717, 1.165) is 28.7 Å². The summed E-state index contributed by atoms with van der Waals surface area (Å²) in [7, 11) is 0. The summed E-state index contributed by atoms with van der Waals surface area (Å²) in [6.45, 7) is 3.95. The van der Waals surface area contributed by atoms with Crippen molar-refractivity contribution in [3.05, 3.63) is 40.1 Å². The Morgan fingerprint density at radius 1 is 1.35 bits per heavy atom. The second kappa shape index (κ2) is 6.67. The molecule has 106 valence electrons. The van der Waals surface area contributed by atoms with E-state index in [1.165, 1.54) is 0 Å². The zero-order chi connectivity index (χ0) is 14.5. The van der Waals surface area contributed by atoms with Gasteiger partial charge in [0.25, 0.3) is 0 Å². The summed E-state index contributed by atoms with van der Waals surface area (Å²) in [4.78, 5) is 8.82. The van der Waals surface area contributed by atoms with Crippen LogP contribution in [-0.4, -0.2) is 9.97 Å². The van der Waals surface area contributed by atoms with Crippen LogP contribution in [0.5, 0.6) is 11.6 Å². The zero-order valence-corrected chi connectivity index (χ0v) is 13.1. The third-order valence-electron chi connectivity index (χ3n) is 2.77. The predicted octanol–water partition coefficient (Wildman–Crippen LogP) is 3.58. The second-order valence-corrected chi connectivity index (χ2v) is 5.29. The van der Waals surface area contributed by atoms with Gasteiger partial charge in [-0.3, -0.25) is 0 Å². The van der Waals surface area contributed by atoms with Crippen molar-refractivity contribution in [1.29, 1.82) is 0 Å². The molecule has 2 rings (SSSR count). The minimum atomic E-state index is 0.523. The molecule has 0 saturated heterocycles. The molecular weight excluding hydrogens is 320 g/mol. The number of hydrogen-bond donors (Lipinski definition) is 2. The SMILES string of the molecule is CCCc1nc(NN)c(C)c(Oc2cccc(Br)c2)n1. The Morgan fingerprint density at radius 3 is 2.80 bits per heavy atom. The largest absolute Gasteiger partial charge is 0.439 e. The van der Waals surface area contributed by atoms with E-state index in [1.807, 2.05) is 31.2 Å². The topological polar surface area (TPSA) is 73.1 Å². The van der Waals surface area contributed by atoms with E-state index in [1.54, 1.807) is 0 Å². The molecule has 0 atom stereocenters. The molecule has 1 aromatic heterocycles. The summed E-state index contributed by atoms with van der Waals surface area (Å²) in [5.74, 6) is 8.05. The third kappa shape index (κ3) is 3.46. The van der Waals surface area contributed by atoms with Gasteiger partial charge in [-0.15, -0.1) is 0 Å². The molecule has 6 heteroatoms. The summed E-state index contributed by atoms with van der Waals surface area (Å²) >= 11 is 3.42. The Labute approximate surface area is 126 Å². The van der Waals surface area contributed by atoms with Gasteiger partial charge in [-0.25, -0.2) is 10.8 Å². The average molecular weight is 337 g/mol. The van der Waals surface area contributed by atoms with Gasteiger partial charge in [-0.2, -0.15) is 4.98 Å². The fourth-order valence-electron chi connectivity index (χ4n) is 1.76. The molecule has 20 heavy (non-hydrogen) atoms. The number of hydrazine groups is 1. The molecule has 0 aliphatic heterocycles. The number of hydrogen-bond acceptors (Lipinski definition) is 5. The van der Waals surface area contributed by atoms with E-state index in [0.29, 0.717) is 17.4 Å². The van der Waals surface area contributed by atoms with Crippen molar-refractivity contribution < 1.29 is 4.74 Å². The first-order chi connectivity index (χ1) is 9.63. The van der Waals surface area contributed by atoms with Crippen LogP contribution in [0.2, 0.25) is 0 Å². The van der Waals surface area contributed by atoms with Crippen molar-refractivity contribution in [3.63, 3.8) is 0 Å². The number of nitrogens with one attached hydrogen (secondary N) is 1. The van der Waals surface area contributed by atoms with E-state index < -0.39 is 0 Å². The number of halogens is 1. The van der Waals surface area contributed by atoms with Crippen LogP contribution in [-0.2, 0) is 6.42 Å². The maximum absolute atomic E-state index is 5.84. The van der Waals surface area contributed by atoms with Gasteiger partial charge in [0.05, 0.1) is 5.56 Å². The van der Waals surface area contributed by atoms with E-state index in [-0.39, 0.29) is 0 Å². The lowest BCUT2D eigenvalue weighted by atomic mass is 10.3. The maximum Gasteiger partial charge on any atom is 0.227 e. The van der Waals surface area contributed by atoms with Crippen molar-refractivity contribution in [3.8, 4) is 11.6 Å².